The van der Waals surface area contributed by atoms with Crippen LogP contribution in [0.3, 0.4) is 0 Å². The van der Waals surface area contributed by atoms with Gasteiger partial charge in [0.1, 0.15) is 0 Å². The molecule has 0 heterocycles. The largest absolute Gasteiger partial charge is 0.466 e. The Morgan fingerprint density at radius 3 is 2.71 bits per heavy atom. The van der Waals surface area contributed by atoms with Crippen LogP contribution in [0.5, 0.6) is 0 Å². The van der Waals surface area contributed by atoms with E-state index in [2.05, 4.69) is 45.9 Å². The minimum Gasteiger partial charge on any atom is -0.466 e. The summed E-state index contributed by atoms with van der Waals surface area (Å²) in [6.07, 6.45) is 5.44. The number of carbonyl (C=O) groups is 1. The molecule has 0 spiro atoms. The standard InChI is InChI=1S/C22H32O2/c1-6-24-20(23)22(5)13-7-12-21(4)18-10-8-16(15(2)3)14-17(18)9-11-19(21)22/h8,10,14-15,19H,6-7,9,11-13H2,1-5H3. The van der Waals surface area contributed by atoms with Crippen LogP contribution in [-0.4, -0.2) is 12.6 Å². The van der Waals surface area contributed by atoms with Gasteiger partial charge in [-0.05, 0) is 73.5 Å². The fourth-order valence-corrected chi connectivity index (χ4v) is 5.41. The normalized spacial score (nSPS) is 32.2. The van der Waals surface area contributed by atoms with Gasteiger partial charge >= 0.3 is 5.97 Å². The molecule has 0 aliphatic heterocycles. The monoisotopic (exact) mass is 328 g/mol. The van der Waals surface area contributed by atoms with Gasteiger partial charge < -0.3 is 4.74 Å². The average Bonchev–Trinajstić information content (AvgIpc) is 2.54. The van der Waals surface area contributed by atoms with Gasteiger partial charge in [-0.25, -0.2) is 0 Å². The Kier molecular flexibility index (Phi) is 4.53. The van der Waals surface area contributed by atoms with Crippen LogP contribution < -0.4 is 0 Å². The number of fused-ring (bicyclic) bond motifs is 3. The lowest BCUT2D eigenvalue weighted by atomic mass is 9.49. The summed E-state index contributed by atoms with van der Waals surface area (Å²) in [6.45, 7) is 11.4. The van der Waals surface area contributed by atoms with E-state index < -0.39 is 0 Å². The Morgan fingerprint density at radius 1 is 1.29 bits per heavy atom. The van der Waals surface area contributed by atoms with E-state index in [-0.39, 0.29) is 16.8 Å². The molecule has 0 bridgehead atoms. The number of hydrogen-bond donors (Lipinski definition) is 0. The van der Waals surface area contributed by atoms with E-state index in [9.17, 15) is 4.79 Å². The molecule has 2 heteroatoms. The summed E-state index contributed by atoms with van der Waals surface area (Å²) in [6, 6.07) is 7.07. The van der Waals surface area contributed by atoms with Crippen LogP contribution in [0.1, 0.15) is 82.9 Å². The second-order valence-corrected chi connectivity index (χ2v) is 8.57. The van der Waals surface area contributed by atoms with Gasteiger partial charge in [0, 0.05) is 0 Å². The Bertz CT molecular complexity index is 633. The SMILES string of the molecule is CCOC(=O)C1(C)CCCC2(C)c3ccc(C(C)C)cc3CCC12. The molecule has 0 amide bonds. The second-order valence-electron chi connectivity index (χ2n) is 8.57. The molecule has 1 fully saturated rings. The quantitative estimate of drug-likeness (QED) is 0.696. The third kappa shape index (κ3) is 2.59. The number of hydrogen-bond acceptors (Lipinski definition) is 2. The van der Waals surface area contributed by atoms with E-state index in [1.807, 2.05) is 6.92 Å². The molecule has 3 atom stereocenters. The average molecular weight is 328 g/mol. The first-order valence-electron chi connectivity index (χ1n) is 9.63. The van der Waals surface area contributed by atoms with Crippen LogP contribution in [0.25, 0.3) is 0 Å². The lowest BCUT2D eigenvalue weighted by molar-refractivity contribution is -0.164. The molecule has 0 aromatic heterocycles. The zero-order chi connectivity index (χ0) is 17.5. The van der Waals surface area contributed by atoms with Crippen LogP contribution in [0.15, 0.2) is 18.2 Å². The summed E-state index contributed by atoms with van der Waals surface area (Å²) < 4.78 is 5.48. The molecule has 1 saturated carbocycles. The van der Waals surface area contributed by atoms with Crippen molar-refractivity contribution in [3.05, 3.63) is 34.9 Å². The van der Waals surface area contributed by atoms with Crippen LogP contribution >= 0.6 is 0 Å². The fourth-order valence-electron chi connectivity index (χ4n) is 5.41. The van der Waals surface area contributed by atoms with Crippen molar-refractivity contribution < 1.29 is 9.53 Å². The summed E-state index contributed by atoms with van der Waals surface area (Å²) >= 11 is 0. The number of rotatable bonds is 3. The Labute approximate surface area is 147 Å². The molecule has 2 aliphatic rings. The molecule has 3 rings (SSSR count). The van der Waals surface area contributed by atoms with Gasteiger partial charge in [0.25, 0.3) is 0 Å². The number of carbonyl (C=O) groups excluding carboxylic acids is 1. The Morgan fingerprint density at radius 2 is 2.04 bits per heavy atom. The molecular formula is C22H32O2. The summed E-state index contributed by atoms with van der Waals surface area (Å²) in [5.41, 5.74) is 4.19. The third-order valence-electron chi connectivity index (χ3n) is 6.79. The van der Waals surface area contributed by atoms with Crippen molar-refractivity contribution in [3.8, 4) is 0 Å². The predicted molar refractivity (Wildman–Crippen MR) is 98.3 cm³/mol. The van der Waals surface area contributed by atoms with Crippen LogP contribution in [0, 0.1) is 11.3 Å². The Hall–Kier alpha value is -1.31. The van der Waals surface area contributed by atoms with Gasteiger partial charge in [0.15, 0.2) is 0 Å². The van der Waals surface area contributed by atoms with Gasteiger partial charge in [0.2, 0.25) is 0 Å². The van der Waals surface area contributed by atoms with Crippen molar-refractivity contribution in [2.75, 3.05) is 6.61 Å². The molecule has 132 valence electrons. The Balaban J connectivity index is 2.02. The highest BCUT2D eigenvalue weighted by Crippen LogP contribution is 2.57. The summed E-state index contributed by atoms with van der Waals surface area (Å²) in [5.74, 6) is 0.968. The molecule has 2 nitrogen and oxygen atoms in total. The van der Waals surface area contributed by atoms with Crippen molar-refractivity contribution in [1.29, 1.82) is 0 Å². The first-order valence-corrected chi connectivity index (χ1v) is 9.63. The van der Waals surface area contributed by atoms with Gasteiger partial charge in [-0.15, -0.1) is 0 Å². The van der Waals surface area contributed by atoms with Gasteiger partial charge in [0.05, 0.1) is 12.0 Å². The van der Waals surface area contributed by atoms with Crippen LogP contribution in [-0.2, 0) is 21.4 Å². The van der Waals surface area contributed by atoms with E-state index in [0.29, 0.717) is 18.4 Å². The maximum Gasteiger partial charge on any atom is 0.312 e. The van der Waals surface area contributed by atoms with Crippen molar-refractivity contribution in [2.45, 2.75) is 78.1 Å². The summed E-state index contributed by atoms with van der Waals surface area (Å²) in [5, 5.41) is 0. The second kappa shape index (κ2) is 6.20. The lowest BCUT2D eigenvalue weighted by Crippen LogP contribution is -2.52. The number of aryl methyl sites for hydroxylation is 1. The minimum absolute atomic E-state index is 0.0168. The molecular weight excluding hydrogens is 296 g/mol. The molecule has 1 aromatic rings. The molecule has 0 N–H and O–H groups in total. The smallest absolute Gasteiger partial charge is 0.312 e. The van der Waals surface area contributed by atoms with Gasteiger partial charge in [-0.1, -0.05) is 45.4 Å². The zero-order valence-electron chi connectivity index (χ0n) is 15.9. The number of benzene rings is 1. The maximum absolute atomic E-state index is 12.8. The van der Waals surface area contributed by atoms with Gasteiger partial charge in [-0.2, -0.15) is 0 Å². The molecule has 0 radical (unpaired) electrons. The lowest BCUT2D eigenvalue weighted by Gasteiger charge is -2.54. The molecule has 24 heavy (non-hydrogen) atoms. The maximum atomic E-state index is 12.8. The van der Waals surface area contributed by atoms with Crippen LogP contribution in [0.4, 0.5) is 0 Å². The zero-order valence-corrected chi connectivity index (χ0v) is 15.9. The molecule has 3 unspecified atom stereocenters. The number of ether oxygens (including phenoxy) is 1. The highest BCUT2D eigenvalue weighted by atomic mass is 16.5. The molecule has 0 saturated heterocycles. The van der Waals surface area contributed by atoms with Crippen molar-refractivity contribution in [1.82, 2.24) is 0 Å². The summed E-state index contributed by atoms with van der Waals surface area (Å²) in [7, 11) is 0. The van der Waals surface area contributed by atoms with Crippen molar-refractivity contribution >= 4 is 5.97 Å². The minimum atomic E-state index is -0.336. The van der Waals surface area contributed by atoms with E-state index in [0.717, 1.165) is 25.7 Å². The predicted octanol–water partition coefficient (Wildman–Crippen LogP) is 5.38. The fraction of sp³-hybridized carbons (Fsp3) is 0.682. The van der Waals surface area contributed by atoms with E-state index >= 15 is 0 Å². The highest BCUT2D eigenvalue weighted by Gasteiger charge is 2.55. The third-order valence-corrected chi connectivity index (χ3v) is 6.79. The topological polar surface area (TPSA) is 26.3 Å². The first-order chi connectivity index (χ1) is 11.3. The van der Waals surface area contributed by atoms with Crippen LogP contribution in [0.2, 0.25) is 0 Å². The van der Waals surface area contributed by atoms with Crippen molar-refractivity contribution in [3.63, 3.8) is 0 Å². The van der Waals surface area contributed by atoms with Crippen molar-refractivity contribution in [2.24, 2.45) is 11.3 Å². The summed E-state index contributed by atoms with van der Waals surface area (Å²) in [4.78, 5) is 12.8. The highest BCUT2D eigenvalue weighted by molar-refractivity contribution is 5.77. The van der Waals surface area contributed by atoms with Gasteiger partial charge in [-0.3, -0.25) is 4.79 Å². The van der Waals surface area contributed by atoms with E-state index in [1.165, 1.54) is 23.1 Å². The van der Waals surface area contributed by atoms with E-state index in [1.54, 1.807) is 0 Å². The first kappa shape index (κ1) is 17.5. The molecule has 2 aliphatic carbocycles. The van der Waals surface area contributed by atoms with E-state index in [4.69, 9.17) is 4.74 Å². The molecule has 1 aromatic carbocycles. The number of esters is 1.